The summed E-state index contributed by atoms with van der Waals surface area (Å²) in [7, 11) is -3.78. The lowest BCUT2D eigenvalue weighted by atomic mass is 10.2. The van der Waals surface area contributed by atoms with Crippen molar-refractivity contribution in [3.05, 3.63) is 59.2 Å². The summed E-state index contributed by atoms with van der Waals surface area (Å²) in [5.74, 6) is 0.0121. The van der Waals surface area contributed by atoms with E-state index in [0.29, 0.717) is 11.1 Å². The van der Waals surface area contributed by atoms with E-state index in [1.54, 1.807) is 26.0 Å². The molecule has 2 rings (SSSR count). The number of benzene rings is 2. The fraction of sp³-hybridized carbons (Fsp3) is 0.188. The van der Waals surface area contributed by atoms with Crippen LogP contribution in [0.15, 0.2) is 52.5 Å². The molecule has 0 radical (unpaired) electrons. The molecule has 2 aromatic rings. The maximum atomic E-state index is 12.2. The molecule has 0 spiro atoms. The van der Waals surface area contributed by atoms with E-state index in [2.05, 4.69) is 14.7 Å². The topological polar surface area (TPSA) is 67.8 Å². The number of sulfonamides is 1. The van der Waals surface area contributed by atoms with Crippen molar-refractivity contribution >= 4 is 16.2 Å². The van der Waals surface area contributed by atoms with Crippen molar-refractivity contribution in [2.45, 2.75) is 25.4 Å². The van der Waals surface area contributed by atoms with Gasteiger partial charge in [0.15, 0.2) is 0 Å². The average Bonchev–Trinajstić information content (AvgIpc) is 2.50. The molecule has 0 saturated heterocycles. The van der Waals surface area contributed by atoms with Crippen molar-refractivity contribution in [3.63, 3.8) is 0 Å². The smallest absolute Gasteiger partial charge is 0.387 e. The summed E-state index contributed by atoms with van der Waals surface area (Å²) in [5.41, 5.74) is 1.96. The Kier molecular flexibility index (Phi) is 5.50. The highest BCUT2D eigenvalue weighted by Gasteiger charge is 2.15. The number of ether oxygens (including phenoxy) is 1. The Bertz CT molecular complexity index is 835. The van der Waals surface area contributed by atoms with E-state index in [1.165, 1.54) is 30.5 Å². The lowest BCUT2D eigenvalue weighted by Crippen LogP contribution is -2.19. The van der Waals surface area contributed by atoms with Gasteiger partial charge in [0, 0.05) is 0 Å². The Hall–Kier alpha value is -2.48. The highest BCUT2D eigenvalue weighted by atomic mass is 32.2. The summed E-state index contributed by atoms with van der Waals surface area (Å²) in [6.45, 7) is 0.596. The molecule has 2 aromatic carbocycles. The SMILES string of the molecule is Cc1ccc(C)c(S(=O)(=O)N/N=C\c2ccc(OC(F)F)cc2)c1. The Morgan fingerprint density at radius 2 is 1.79 bits per heavy atom. The molecule has 5 nitrogen and oxygen atoms in total. The van der Waals surface area contributed by atoms with Crippen molar-refractivity contribution in [3.8, 4) is 5.75 Å². The quantitative estimate of drug-likeness (QED) is 0.640. The number of nitrogens with one attached hydrogen (secondary N) is 1. The number of hydrogen-bond acceptors (Lipinski definition) is 4. The molecular weight excluding hydrogens is 338 g/mol. The third kappa shape index (κ3) is 4.76. The summed E-state index contributed by atoms with van der Waals surface area (Å²) < 4.78 is 52.8. The highest BCUT2D eigenvalue weighted by Crippen LogP contribution is 2.17. The number of nitrogens with zero attached hydrogens (tertiary/aromatic N) is 1. The molecule has 1 N–H and O–H groups in total. The first-order chi connectivity index (χ1) is 11.3. The lowest BCUT2D eigenvalue weighted by Gasteiger charge is -2.07. The monoisotopic (exact) mass is 354 g/mol. The van der Waals surface area contributed by atoms with E-state index in [-0.39, 0.29) is 10.6 Å². The summed E-state index contributed by atoms with van der Waals surface area (Å²) in [4.78, 5) is 2.28. The van der Waals surface area contributed by atoms with E-state index >= 15 is 0 Å². The molecule has 0 atom stereocenters. The standard InChI is InChI=1S/C16H16F2N2O3S/c1-11-3-4-12(2)15(9-11)24(21,22)20-19-10-13-5-7-14(8-6-13)23-16(17)18/h3-10,16,20H,1-2H3/b19-10-. The van der Waals surface area contributed by atoms with Crippen LogP contribution in [0.1, 0.15) is 16.7 Å². The molecule has 0 fully saturated rings. The van der Waals surface area contributed by atoms with Gasteiger partial charge >= 0.3 is 6.61 Å². The molecule has 0 aliphatic heterocycles. The third-order valence-corrected chi connectivity index (χ3v) is 4.49. The van der Waals surface area contributed by atoms with E-state index in [1.807, 2.05) is 6.07 Å². The van der Waals surface area contributed by atoms with Crippen molar-refractivity contribution < 1.29 is 21.9 Å². The van der Waals surface area contributed by atoms with Crippen LogP contribution in [0.5, 0.6) is 5.75 Å². The van der Waals surface area contributed by atoms with Gasteiger partial charge in [-0.3, -0.25) is 0 Å². The molecule has 8 heteroatoms. The number of halogens is 2. The molecule has 0 aromatic heterocycles. The first kappa shape index (κ1) is 17.9. The maximum Gasteiger partial charge on any atom is 0.387 e. The number of hydrogen-bond donors (Lipinski definition) is 1. The van der Waals surface area contributed by atoms with Crippen LogP contribution in [0.25, 0.3) is 0 Å². The molecule has 0 saturated carbocycles. The molecule has 24 heavy (non-hydrogen) atoms. The van der Waals surface area contributed by atoms with Gasteiger partial charge in [0.2, 0.25) is 0 Å². The van der Waals surface area contributed by atoms with Crippen molar-refractivity contribution in [1.29, 1.82) is 0 Å². The first-order valence-corrected chi connectivity index (χ1v) is 8.43. The summed E-state index contributed by atoms with van der Waals surface area (Å²) >= 11 is 0. The Morgan fingerprint density at radius 1 is 1.12 bits per heavy atom. The van der Waals surface area contributed by atoms with Gasteiger partial charge < -0.3 is 4.74 Å². The zero-order valence-corrected chi connectivity index (χ0v) is 13.8. The molecule has 0 aliphatic carbocycles. The minimum absolute atomic E-state index is 0.0121. The Morgan fingerprint density at radius 3 is 2.42 bits per heavy atom. The molecule has 0 amide bonds. The predicted octanol–water partition coefficient (Wildman–Crippen LogP) is 3.22. The number of hydrazone groups is 1. The van der Waals surface area contributed by atoms with E-state index in [4.69, 9.17) is 0 Å². The van der Waals surface area contributed by atoms with Crippen LogP contribution in [-0.4, -0.2) is 21.2 Å². The summed E-state index contributed by atoms with van der Waals surface area (Å²) in [6.07, 6.45) is 1.27. The number of aryl methyl sites for hydroxylation is 2. The molecule has 0 bridgehead atoms. The van der Waals surface area contributed by atoms with Crippen LogP contribution in [0, 0.1) is 13.8 Å². The van der Waals surface area contributed by atoms with Gasteiger partial charge in [0.1, 0.15) is 5.75 Å². The number of alkyl halides is 2. The van der Waals surface area contributed by atoms with Gasteiger partial charge in [-0.15, -0.1) is 0 Å². The second-order valence-corrected chi connectivity index (χ2v) is 6.70. The summed E-state index contributed by atoms with van der Waals surface area (Å²) in [6, 6.07) is 10.7. The molecular formula is C16H16F2N2O3S. The van der Waals surface area contributed by atoms with Gasteiger partial charge in [0.05, 0.1) is 11.1 Å². The predicted molar refractivity (Wildman–Crippen MR) is 86.9 cm³/mol. The maximum absolute atomic E-state index is 12.2. The molecule has 128 valence electrons. The van der Waals surface area contributed by atoms with Gasteiger partial charge in [0.25, 0.3) is 10.0 Å². The third-order valence-electron chi connectivity index (χ3n) is 3.12. The van der Waals surface area contributed by atoms with Gasteiger partial charge in [-0.25, -0.2) is 4.83 Å². The van der Waals surface area contributed by atoms with Crippen molar-refractivity contribution in [2.75, 3.05) is 0 Å². The Labute approximate surface area is 139 Å². The van der Waals surface area contributed by atoms with Crippen LogP contribution >= 0.6 is 0 Å². The average molecular weight is 354 g/mol. The zero-order chi connectivity index (χ0) is 17.7. The number of rotatable bonds is 6. The van der Waals surface area contributed by atoms with Crippen LogP contribution in [-0.2, 0) is 10.0 Å². The second-order valence-electron chi connectivity index (χ2n) is 5.07. The zero-order valence-electron chi connectivity index (χ0n) is 13.0. The molecule has 0 heterocycles. The fourth-order valence-electron chi connectivity index (χ4n) is 1.95. The lowest BCUT2D eigenvalue weighted by molar-refractivity contribution is -0.0498. The largest absolute Gasteiger partial charge is 0.435 e. The Balaban J connectivity index is 2.08. The second kappa shape index (κ2) is 7.39. The molecule has 0 aliphatic rings. The molecule has 0 unspecified atom stereocenters. The fourth-order valence-corrected chi connectivity index (χ4v) is 3.07. The summed E-state index contributed by atoms with van der Waals surface area (Å²) in [5, 5.41) is 3.70. The van der Waals surface area contributed by atoms with Crippen molar-refractivity contribution in [1.82, 2.24) is 4.83 Å². The minimum atomic E-state index is -3.78. The normalized spacial score (nSPS) is 11.9. The first-order valence-electron chi connectivity index (χ1n) is 6.95. The van der Waals surface area contributed by atoms with Gasteiger partial charge in [-0.05, 0) is 60.9 Å². The van der Waals surface area contributed by atoms with Gasteiger partial charge in [-0.2, -0.15) is 22.3 Å². The van der Waals surface area contributed by atoms with Gasteiger partial charge in [-0.1, -0.05) is 12.1 Å². The van der Waals surface area contributed by atoms with Crippen LogP contribution < -0.4 is 9.57 Å². The van der Waals surface area contributed by atoms with Crippen molar-refractivity contribution in [2.24, 2.45) is 5.10 Å². The van der Waals surface area contributed by atoms with E-state index in [9.17, 15) is 17.2 Å². The van der Waals surface area contributed by atoms with Crippen LogP contribution in [0.2, 0.25) is 0 Å². The van der Waals surface area contributed by atoms with Crippen LogP contribution in [0.3, 0.4) is 0 Å². The van der Waals surface area contributed by atoms with E-state index in [0.717, 1.165) is 5.56 Å². The van der Waals surface area contributed by atoms with Crippen LogP contribution in [0.4, 0.5) is 8.78 Å². The van der Waals surface area contributed by atoms with E-state index < -0.39 is 16.6 Å². The highest BCUT2D eigenvalue weighted by molar-refractivity contribution is 7.89. The minimum Gasteiger partial charge on any atom is -0.435 e.